The first-order valence-electron chi connectivity index (χ1n) is 6.14. The number of hydrogen-bond acceptors (Lipinski definition) is 5. The Morgan fingerprint density at radius 2 is 2.13 bits per heavy atom. The normalized spacial score (nSPS) is 11.8. The van der Waals surface area contributed by atoms with E-state index >= 15 is 0 Å². The molecule has 0 aliphatic heterocycles. The average molecular weight is 390 g/mol. The molecule has 0 aliphatic rings. The molecular weight excluding hydrogens is 383 g/mol. The topological polar surface area (TPSA) is 85.2 Å². The molecule has 3 heterocycles. The molecule has 11 heteroatoms. The Balaban J connectivity index is 2.07. The first-order chi connectivity index (χ1) is 10.8. The van der Waals surface area contributed by atoms with Crippen LogP contribution in [0, 0.1) is 0 Å². The van der Waals surface area contributed by atoms with Gasteiger partial charge in [-0.2, -0.15) is 27.8 Å². The third-order valence-corrected chi connectivity index (χ3v) is 3.43. The smallest absolute Gasteiger partial charge is 0.422 e. The van der Waals surface area contributed by atoms with Gasteiger partial charge in [-0.05, 0) is 28.1 Å². The second kappa shape index (κ2) is 5.65. The number of H-pyrrole nitrogens is 1. The fourth-order valence-corrected chi connectivity index (χ4v) is 2.32. The molecule has 0 atom stereocenters. The highest BCUT2D eigenvalue weighted by molar-refractivity contribution is 9.10. The average Bonchev–Trinajstić information content (AvgIpc) is 2.83. The van der Waals surface area contributed by atoms with E-state index in [1.165, 1.54) is 0 Å². The summed E-state index contributed by atoms with van der Waals surface area (Å²) in [6.07, 6.45) is -3.00. The van der Waals surface area contributed by atoms with Gasteiger partial charge >= 0.3 is 11.9 Å². The van der Waals surface area contributed by atoms with Crippen molar-refractivity contribution in [2.45, 2.75) is 6.18 Å². The number of fused-ring (bicyclic) bond motifs is 1. The van der Waals surface area contributed by atoms with Gasteiger partial charge in [-0.3, -0.25) is 9.97 Å². The van der Waals surface area contributed by atoms with Gasteiger partial charge in [-0.1, -0.05) is 6.07 Å². The molecule has 23 heavy (non-hydrogen) atoms. The van der Waals surface area contributed by atoms with Crippen molar-refractivity contribution >= 4 is 21.6 Å². The number of alkyl halides is 3. The van der Waals surface area contributed by atoms with E-state index in [0.29, 0.717) is 15.9 Å². The molecule has 0 radical (unpaired) electrons. The minimum atomic E-state index is -4.54. The standard InChI is InChI=1S/C12H7BrF3N5O2/c13-7-8(6-3-1-2-4-17-6)20-21-9(7)18-10(19-11(21)22)23-5-12(14,15)16/h1-4H,5H2,(H,18,19,22). The Kier molecular flexibility index (Phi) is 3.80. The Morgan fingerprint density at radius 3 is 2.78 bits per heavy atom. The van der Waals surface area contributed by atoms with Gasteiger partial charge in [0.2, 0.25) is 0 Å². The van der Waals surface area contributed by atoms with Gasteiger partial charge in [-0.15, -0.1) is 0 Å². The van der Waals surface area contributed by atoms with Crippen molar-refractivity contribution in [3.05, 3.63) is 39.4 Å². The fourth-order valence-electron chi connectivity index (χ4n) is 1.78. The molecule has 0 saturated carbocycles. The molecular formula is C12H7BrF3N5O2. The number of aromatic amines is 1. The Bertz CT molecular complexity index is 907. The van der Waals surface area contributed by atoms with E-state index in [0.717, 1.165) is 4.52 Å². The van der Waals surface area contributed by atoms with E-state index in [4.69, 9.17) is 0 Å². The number of nitrogens with one attached hydrogen (secondary N) is 1. The summed E-state index contributed by atoms with van der Waals surface area (Å²) < 4.78 is 42.2. The number of aromatic nitrogens is 5. The van der Waals surface area contributed by atoms with Gasteiger partial charge in [0.25, 0.3) is 6.01 Å². The van der Waals surface area contributed by atoms with Crippen molar-refractivity contribution in [3.63, 3.8) is 0 Å². The second-order valence-corrected chi connectivity index (χ2v) is 5.16. The van der Waals surface area contributed by atoms with Crippen LogP contribution in [0.4, 0.5) is 13.2 Å². The molecule has 0 amide bonds. The summed E-state index contributed by atoms with van der Waals surface area (Å²) in [5.74, 6) is 0. The maximum atomic E-state index is 12.2. The summed E-state index contributed by atoms with van der Waals surface area (Å²) in [7, 11) is 0. The Labute approximate surface area is 134 Å². The zero-order chi connectivity index (χ0) is 16.6. The molecule has 3 rings (SSSR count). The number of hydrogen-bond donors (Lipinski definition) is 1. The molecule has 3 aromatic rings. The van der Waals surface area contributed by atoms with Gasteiger partial charge in [0.05, 0.1) is 10.2 Å². The van der Waals surface area contributed by atoms with Crippen molar-refractivity contribution in [2.75, 3.05) is 6.61 Å². The highest BCUT2D eigenvalue weighted by atomic mass is 79.9. The Morgan fingerprint density at radius 1 is 1.35 bits per heavy atom. The van der Waals surface area contributed by atoms with Crippen molar-refractivity contribution in [2.24, 2.45) is 0 Å². The van der Waals surface area contributed by atoms with Crippen LogP contribution in [-0.2, 0) is 0 Å². The summed E-state index contributed by atoms with van der Waals surface area (Å²) in [6, 6.07) is 4.56. The summed E-state index contributed by atoms with van der Waals surface area (Å²) in [5, 5.41) is 4.06. The number of pyridine rings is 1. The largest absolute Gasteiger partial charge is 0.455 e. The first kappa shape index (κ1) is 15.5. The van der Waals surface area contributed by atoms with E-state index in [9.17, 15) is 18.0 Å². The lowest BCUT2D eigenvalue weighted by molar-refractivity contribution is -0.154. The predicted molar refractivity (Wildman–Crippen MR) is 76.1 cm³/mol. The number of halogens is 4. The lowest BCUT2D eigenvalue weighted by Crippen LogP contribution is -2.24. The highest BCUT2D eigenvalue weighted by Gasteiger charge is 2.29. The van der Waals surface area contributed by atoms with Crippen LogP contribution >= 0.6 is 15.9 Å². The van der Waals surface area contributed by atoms with Crippen LogP contribution in [0.25, 0.3) is 17.0 Å². The monoisotopic (exact) mass is 389 g/mol. The van der Waals surface area contributed by atoms with Crippen LogP contribution in [0.5, 0.6) is 6.01 Å². The van der Waals surface area contributed by atoms with Crippen LogP contribution in [-0.4, -0.2) is 37.3 Å². The molecule has 3 aromatic heterocycles. The quantitative estimate of drug-likeness (QED) is 0.741. The highest BCUT2D eigenvalue weighted by Crippen LogP contribution is 2.28. The number of rotatable bonds is 3. The molecule has 0 saturated heterocycles. The predicted octanol–water partition coefficient (Wildman–Crippen LogP) is 2.18. The van der Waals surface area contributed by atoms with Gasteiger partial charge < -0.3 is 4.74 Å². The third kappa shape index (κ3) is 3.18. The molecule has 0 unspecified atom stereocenters. The summed E-state index contributed by atoms with van der Waals surface area (Å²) in [4.78, 5) is 21.9. The van der Waals surface area contributed by atoms with Gasteiger partial charge in [-0.25, -0.2) is 4.79 Å². The molecule has 0 spiro atoms. The minimum Gasteiger partial charge on any atom is -0.455 e. The maximum Gasteiger partial charge on any atom is 0.422 e. The number of ether oxygens (including phenoxy) is 1. The summed E-state index contributed by atoms with van der Waals surface area (Å²) in [5.41, 5.74) is 0.0419. The fraction of sp³-hybridized carbons (Fsp3) is 0.167. The summed E-state index contributed by atoms with van der Waals surface area (Å²) in [6.45, 7) is -1.56. The van der Waals surface area contributed by atoms with E-state index in [1.54, 1.807) is 24.4 Å². The third-order valence-electron chi connectivity index (χ3n) is 2.70. The Hall–Kier alpha value is -2.43. The zero-order valence-electron chi connectivity index (χ0n) is 11.1. The van der Waals surface area contributed by atoms with Gasteiger partial charge in [0.15, 0.2) is 12.3 Å². The van der Waals surface area contributed by atoms with E-state index in [1.807, 2.05) is 0 Å². The van der Waals surface area contributed by atoms with Gasteiger partial charge in [0.1, 0.15) is 5.69 Å². The van der Waals surface area contributed by atoms with Gasteiger partial charge in [0, 0.05) is 6.20 Å². The van der Waals surface area contributed by atoms with Crippen LogP contribution in [0.15, 0.2) is 33.7 Å². The molecule has 0 aromatic carbocycles. The molecule has 120 valence electrons. The zero-order valence-corrected chi connectivity index (χ0v) is 12.7. The summed E-state index contributed by atoms with van der Waals surface area (Å²) >= 11 is 3.23. The van der Waals surface area contributed by atoms with Crippen molar-refractivity contribution in [3.8, 4) is 17.4 Å². The number of nitrogens with zero attached hydrogens (tertiary/aromatic N) is 4. The van der Waals surface area contributed by atoms with Crippen molar-refractivity contribution in [1.29, 1.82) is 0 Å². The van der Waals surface area contributed by atoms with E-state index in [-0.39, 0.29) is 5.65 Å². The first-order valence-corrected chi connectivity index (χ1v) is 6.94. The van der Waals surface area contributed by atoms with Crippen LogP contribution < -0.4 is 10.4 Å². The van der Waals surface area contributed by atoms with E-state index < -0.39 is 24.5 Å². The molecule has 0 aliphatic carbocycles. The molecule has 0 bridgehead atoms. The molecule has 1 N–H and O–H groups in total. The lowest BCUT2D eigenvalue weighted by Gasteiger charge is -2.07. The lowest BCUT2D eigenvalue weighted by atomic mass is 10.3. The van der Waals surface area contributed by atoms with Crippen molar-refractivity contribution in [1.82, 2.24) is 24.6 Å². The molecule has 7 nitrogen and oxygen atoms in total. The van der Waals surface area contributed by atoms with Crippen LogP contribution in [0.1, 0.15) is 0 Å². The second-order valence-electron chi connectivity index (χ2n) is 4.36. The molecule has 0 fully saturated rings. The van der Waals surface area contributed by atoms with Crippen LogP contribution in [0.3, 0.4) is 0 Å². The van der Waals surface area contributed by atoms with Crippen molar-refractivity contribution < 1.29 is 17.9 Å². The minimum absolute atomic E-state index is 0.0200. The maximum absolute atomic E-state index is 12.2. The SMILES string of the molecule is O=c1[nH]c(OCC(F)(F)F)nc2c(Br)c(-c3ccccn3)nn12. The van der Waals surface area contributed by atoms with E-state index in [2.05, 4.69) is 40.7 Å². The van der Waals surface area contributed by atoms with Crippen LogP contribution in [0.2, 0.25) is 0 Å².